The van der Waals surface area contributed by atoms with Gasteiger partial charge in [0.25, 0.3) is 0 Å². The number of carbonyl (C=O) groups is 3. The topological polar surface area (TPSA) is 88.2 Å². The van der Waals surface area contributed by atoms with Crippen molar-refractivity contribution in [1.29, 1.82) is 0 Å². The third-order valence-corrected chi connectivity index (χ3v) is 8.06. The molecule has 0 saturated carbocycles. The fourth-order valence-corrected chi connectivity index (χ4v) is 6.82. The lowest BCUT2D eigenvalue weighted by Crippen LogP contribution is -2.54. The zero-order valence-corrected chi connectivity index (χ0v) is 18.4. The molecular weight excluding hydrogens is 478 g/mol. The molecule has 162 valence electrons. The Hall–Kier alpha value is -2.91. The molecule has 5 aliphatic rings. The number of nitrogens with zero attached hydrogens (tertiary/aromatic N) is 2. The lowest BCUT2D eigenvalue weighted by atomic mass is 9.75. The minimum Gasteiger partial charge on any atom is -0.454 e. The molecule has 9 heteroatoms. The van der Waals surface area contributed by atoms with Gasteiger partial charge < -0.3 is 14.8 Å². The van der Waals surface area contributed by atoms with E-state index < -0.39 is 17.4 Å². The standard InChI is InChI=1S/C23H18BrN3O5/c24-11-3-5-14-13(8-11)23(22(30)25-14)19-18(15-2-1-7-26(15)23)20(28)27(21(19)29)12-4-6-16-17(9-12)32-10-31-16/h3-6,8-9,15,18-19H,1-2,7,10H2,(H,25,30). The van der Waals surface area contributed by atoms with E-state index in [0.717, 1.165) is 22.9 Å². The molecule has 4 unspecified atom stereocenters. The van der Waals surface area contributed by atoms with Gasteiger partial charge in [0.15, 0.2) is 11.5 Å². The van der Waals surface area contributed by atoms with Crippen LogP contribution in [0, 0.1) is 11.8 Å². The fraction of sp³-hybridized carbons (Fsp3) is 0.348. The molecule has 2 aromatic carbocycles. The minimum absolute atomic E-state index is 0.109. The van der Waals surface area contributed by atoms with Crippen LogP contribution >= 0.6 is 15.9 Å². The van der Waals surface area contributed by atoms with E-state index in [0.29, 0.717) is 29.4 Å². The number of imide groups is 1. The van der Waals surface area contributed by atoms with Crippen LogP contribution in [0.5, 0.6) is 11.5 Å². The number of amides is 3. The highest BCUT2D eigenvalue weighted by Gasteiger charge is 2.74. The molecule has 0 aromatic heterocycles. The molecule has 0 bridgehead atoms. The monoisotopic (exact) mass is 495 g/mol. The number of hydrogen-bond donors (Lipinski definition) is 1. The van der Waals surface area contributed by atoms with Crippen molar-refractivity contribution in [3.8, 4) is 11.5 Å². The summed E-state index contributed by atoms with van der Waals surface area (Å²) in [5, 5.41) is 2.99. The number of carbonyl (C=O) groups excluding carboxylic acids is 3. The van der Waals surface area contributed by atoms with Crippen molar-refractivity contribution in [1.82, 2.24) is 4.90 Å². The molecule has 3 fully saturated rings. The number of anilines is 2. The number of ether oxygens (including phenoxy) is 2. The van der Waals surface area contributed by atoms with E-state index >= 15 is 0 Å². The van der Waals surface area contributed by atoms with Gasteiger partial charge in [0.2, 0.25) is 24.5 Å². The molecule has 3 amide bonds. The third-order valence-electron chi connectivity index (χ3n) is 7.57. The number of benzene rings is 2. The fourth-order valence-electron chi connectivity index (χ4n) is 6.45. The SMILES string of the molecule is O=C1C2C3CCCN3C3(C(=O)Nc4ccc(Br)cc43)C2C(=O)N1c1ccc2c(c1)OCO2. The van der Waals surface area contributed by atoms with Gasteiger partial charge in [-0.25, -0.2) is 4.90 Å². The second-order valence-corrected chi connectivity index (χ2v) is 9.78. The van der Waals surface area contributed by atoms with E-state index in [9.17, 15) is 14.4 Å². The Labute approximate surface area is 191 Å². The Balaban J connectivity index is 1.41. The molecule has 32 heavy (non-hydrogen) atoms. The summed E-state index contributed by atoms with van der Waals surface area (Å²) in [6, 6.07) is 10.5. The van der Waals surface area contributed by atoms with Crippen molar-refractivity contribution >= 4 is 45.0 Å². The maximum atomic E-state index is 13.9. The third kappa shape index (κ3) is 2.04. The summed E-state index contributed by atoms with van der Waals surface area (Å²) in [6.07, 6.45) is 1.67. The molecule has 3 saturated heterocycles. The van der Waals surface area contributed by atoms with Crippen LogP contribution in [0.3, 0.4) is 0 Å². The zero-order chi connectivity index (χ0) is 21.8. The van der Waals surface area contributed by atoms with Gasteiger partial charge in [0.1, 0.15) is 5.54 Å². The Kier molecular flexibility index (Phi) is 3.56. The van der Waals surface area contributed by atoms with Gasteiger partial charge in [-0.05, 0) is 49.7 Å². The first kappa shape index (κ1) is 18.6. The average molecular weight is 496 g/mol. The smallest absolute Gasteiger partial charge is 0.250 e. The van der Waals surface area contributed by atoms with Crippen LogP contribution in [0.2, 0.25) is 0 Å². The first-order valence-corrected chi connectivity index (χ1v) is 11.5. The molecule has 5 heterocycles. The molecule has 0 aliphatic carbocycles. The number of rotatable bonds is 1. The van der Waals surface area contributed by atoms with Crippen molar-refractivity contribution in [3.05, 3.63) is 46.4 Å². The van der Waals surface area contributed by atoms with Gasteiger partial charge in [0, 0.05) is 27.8 Å². The summed E-state index contributed by atoms with van der Waals surface area (Å²) in [4.78, 5) is 44.7. The molecular formula is C23H18BrN3O5. The summed E-state index contributed by atoms with van der Waals surface area (Å²) >= 11 is 3.52. The second-order valence-electron chi connectivity index (χ2n) is 8.87. The maximum Gasteiger partial charge on any atom is 0.250 e. The van der Waals surface area contributed by atoms with Crippen LogP contribution in [0.15, 0.2) is 40.9 Å². The van der Waals surface area contributed by atoms with Crippen molar-refractivity contribution in [3.63, 3.8) is 0 Å². The van der Waals surface area contributed by atoms with Crippen LogP contribution in [-0.2, 0) is 19.9 Å². The van der Waals surface area contributed by atoms with Crippen molar-refractivity contribution < 1.29 is 23.9 Å². The molecule has 1 spiro atoms. The average Bonchev–Trinajstić information content (AvgIpc) is 3.55. The summed E-state index contributed by atoms with van der Waals surface area (Å²) in [5.74, 6) is -1.06. The van der Waals surface area contributed by atoms with Crippen LogP contribution in [0.1, 0.15) is 18.4 Å². The van der Waals surface area contributed by atoms with Crippen LogP contribution < -0.4 is 19.7 Å². The Morgan fingerprint density at radius 1 is 1.03 bits per heavy atom. The van der Waals surface area contributed by atoms with Gasteiger partial charge in [-0.3, -0.25) is 19.3 Å². The maximum absolute atomic E-state index is 13.9. The minimum atomic E-state index is -1.18. The summed E-state index contributed by atoms with van der Waals surface area (Å²) < 4.78 is 11.6. The number of fused-ring (bicyclic) bond motifs is 8. The normalized spacial score (nSPS) is 32.0. The van der Waals surface area contributed by atoms with E-state index in [4.69, 9.17) is 9.47 Å². The molecule has 4 atom stereocenters. The zero-order valence-electron chi connectivity index (χ0n) is 16.8. The van der Waals surface area contributed by atoms with Gasteiger partial charge in [-0.15, -0.1) is 0 Å². The predicted molar refractivity (Wildman–Crippen MR) is 116 cm³/mol. The summed E-state index contributed by atoms with van der Waals surface area (Å²) in [6.45, 7) is 0.791. The van der Waals surface area contributed by atoms with E-state index in [2.05, 4.69) is 26.1 Å². The van der Waals surface area contributed by atoms with E-state index in [1.807, 2.05) is 18.2 Å². The Morgan fingerprint density at radius 2 is 1.88 bits per heavy atom. The summed E-state index contributed by atoms with van der Waals surface area (Å²) in [5.41, 5.74) is 0.741. The first-order valence-electron chi connectivity index (χ1n) is 10.7. The number of nitrogens with one attached hydrogen (secondary N) is 1. The van der Waals surface area contributed by atoms with Crippen molar-refractivity contribution in [2.75, 3.05) is 23.6 Å². The van der Waals surface area contributed by atoms with Gasteiger partial charge in [0.05, 0.1) is 17.5 Å². The molecule has 1 N–H and O–H groups in total. The van der Waals surface area contributed by atoms with Gasteiger partial charge in [-0.1, -0.05) is 15.9 Å². The number of hydrogen-bond acceptors (Lipinski definition) is 6. The quantitative estimate of drug-likeness (QED) is 0.611. The predicted octanol–water partition coefficient (Wildman–Crippen LogP) is 2.61. The highest BCUT2D eigenvalue weighted by atomic mass is 79.9. The first-order chi connectivity index (χ1) is 15.5. The number of halogens is 1. The van der Waals surface area contributed by atoms with E-state index in [1.54, 1.807) is 18.2 Å². The summed E-state index contributed by atoms with van der Waals surface area (Å²) in [7, 11) is 0. The second kappa shape index (κ2) is 6.11. The molecule has 7 rings (SSSR count). The van der Waals surface area contributed by atoms with Crippen LogP contribution in [0.4, 0.5) is 11.4 Å². The van der Waals surface area contributed by atoms with Crippen LogP contribution in [0.25, 0.3) is 0 Å². The highest BCUT2D eigenvalue weighted by molar-refractivity contribution is 9.10. The lowest BCUT2D eigenvalue weighted by Gasteiger charge is -2.36. The van der Waals surface area contributed by atoms with Crippen LogP contribution in [-0.4, -0.2) is 42.0 Å². The lowest BCUT2D eigenvalue weighted by molar-refractivity contribution is -0.135. The molecule has 5 aliphatic heterocycles. The molecule has 0 radical (unpaired) electrons. The van der Waals surface area contributed by atoms with E-state index in [-0.39, 0.29) is 30.6 Å². The van der Waals surface area contributed by atoms with Gasteiger partial charge in [-0.2, -0.15) is 0 Å². The molecule has 8 nitrogen and oxygen atoms in total. The molecule has 2 aromatic rings. The van der Waals surface area contributed by atoms with Crippen molar-refractivity contribution in [2.24, 2.45) is 11.8 Å². The van der Waals surface area contributed by atoms with Crippen molar-refractivity contribution in [2.45, 2.75) is 24.4 Å². The highest BCUT2D eigenvalue weighted by Crippen LogP contribution is 2.61. The van der Waals surface area contributed by atoms with E-state index in [1.165, 1.54) is 4.90 Å². The van der Waals surface area contributed by atoms with Gasteiger partial charge >= 0.3 is 0 Å². The largest absolute Gasteiger partial charge is 0.454 e. The Morgan fingerprint density at radius 3 is 2.75 bits per heavy atom. The Bertz CT molecular complexity index is 1250.